The van der Waals surface area contributed by atoms with Gasteiger partial charge in [-0.3, -0.25) is 9.48 Å². The molecule has 0 saturated carbocycles. The van der Waals surface area contributed by atoms with E-state index in [0.29, 0.717) is 48.6 Å². The van der Waals surface area contributed by atoms with Crippen LogP contribution in [0.15, 0.2) is 36.9 Å². The van der Waals surface area contributed by atoms with Crippen LogP contribution in [-0.2, 0) is 11.8 Å². The van der Waals surface area contributed by atoms with Crippen molar-refractivity contribution in [1.82, 2.24) is 24.6 Å². The van der Waals surface area contributed by atoms with Crippen LogP contribution in [0.3, 0.4) is 0 Å². The Morgan fingerprint density at radius 2 is 1.93 bits per heavy atom. The second-order valence-corrected chi connectivity index (χ2v) is 11.3. The number of hydrogen-bond donors (Lipinski definition) is 1. The Morgan fingerprint density at radius 1 is 1.19 bits per heavy atom. The molecule has 42 heavy (non-hydrogen) atoms. The molecular weight excluding hydrogens is 582 g/mol. The van der Waals surface area contributed by atoms with Crippen molar-refractivity contribution >= 4 is 60.8 Å². The third kappa shape index (κ3) is 4.33. The Hall–Kier alpha value is -4.60. The van der Waals surface area contributed by atoms with Crippen LogP contribution < -0.4 is 10.6 Å². The fraction of sp³-hybridized carbons (Fsp3) is 0.207. The van der Waals surface area contributed by atoms with Crippen LogP contribution in [0.5, 0.6) is 0 Å². The van der Waals surface area contributed by atoms with Crippen molar-refractivity contribution in [2.75, 3.05) is 36.8 Å². The van der Waals surface area contributed by atoms with Gasteiger partial charge in [0.25, 0.3) is 0 Å². The summed E-state index contributed by atoms with van der Waals surface area (Å²) in [6.45, 7) is 6.90. The number of hydrogen-bond acceptors (Lipinski definition) is 8. The van der Waals surface area contributed by atoms with Crippen LogP contribution in [0.1, 0.15) is 11.3 Å². The molecule has 212 valence electrons. The quantitative estimate of drug-likeness (QED) is 0.271. The summed E-state index contributed by atoms with van der Waals surface area (Å²) >= 11 is 7.73. The number of aromatic nitrogens is 4. The van der Waals surface area contributed by atoms with Crippen molar-refractivity contribution in [2.24, 2.45) is 7.05 Å². The predicted octanol–water partition coefficient (Wildman–Crippen LogP) is 5.44. The van der Waals surface area contributed by atoms with E-state index in [1.165, 1.54) is 18.2 Å². The lowest BCUT2D eigenvalue weighted by Gasteiger charge is -2.37. The Bertz CT molecular complexity index is 1990. The van der Waals surface area contributed by atoms with E-state index in [9.17, 15) is 14.4 Å². The first-order valence-electron chi connectivity index (χ1n) is 12.9. The Morgan fingerprint density at radius 3 is 2.57 bits per heavy atom. The molecule has 1 fully saturated rings. The number of amides is 1. The minimum absolute atomic E-state index is 0.00356. The van der Waals surface area contributed by atoms with Gasteiger partial charge in [-0.2, -0.15) is 10.4 Å². The molecule has 1 aliphatic rings. The molecule has 0 unspecified atom stereocenters. The average molecular weight is 605 g/mol. The van der Waals surface area contributed by atoms with E-state index in [1.54, 1.807) is 28.8 Å². The molecule has 1 amide bonds. The number of carbonyl (C=O) groups is 1. The van der Waals surface area contributed by atoms with Crippen molar-refractivity contribution in [1.29, 1.82) is 5.26 Å². The fourth-order valence-corrected chi connectivity index (χ4v) is 6.54. The highest BCUT2D eigenvalue weighted by Gasteiger charge is 2.30. The number of piperazine rings is 1. The first-order valence-corrected chi connectivity index (χ1v) is 14.1. The predicted molar refractivity (Wildman–Crippen MR) is 160 cm³/mol. The zero-order valence-electron chi connectivity index (χ0n) is 22.6. The van der Waals surface area contributed by atoms with E-state index in [4.69, 9.17) is 22.3 Å². The maximum absolute atomic E-state index is 16.8. The second kappa shape index (κ2) is 10.3. The van der Waals surface area contributed by atoms with Gasteiger partial charge in [-0.25, -0.2) is 18.7 Å². The lowest BCUT2D eigenvalue weighted by Crippen LogP contribution is -2.48. The molecule has 0 spiro atoms. The maximum atomic E-state index is 16.8. The third-order valence-electron chi connectivity index (χ3n) is 7.36. The highest BCUT2D eigenvalue weighted by atomic mass is 35.5. The SMILES string of the molecule is C=CC(=O)N1CCN(c2c(C#N)c(-c3cc(C)nn3C)nc3c(F)c(-c4ccc(F)c5sc(N)nc45)c(Cl)cc23)CC1. The summed E-state index contributed by atoms with van der Waals surface area (Å²) in [5.74, 6) is -1.46. The highest BCUT2D eigenvalue weighted by Crippen LogP contribution is 2.45. The fourth-order valence-electron chi connectivity index (χ4n) is 5.49. The number of anilines is 2. The standard InChI is InChI=1S/C29H23ClF2N8OS/c1-4-21(41)39-7-9-40(10-8-39)27-16-12-18(30)22(15-5-6-19(31)28-26(15)36-29(34)42-28)23(32)25(16)35-24(17(27)13-33)20-11-14(2)37-38(20)3/h4-6,11-12H,1,7-10H2,2-3H3,(H2,34,36). The van der Waals surface area contributed by atoms with Crippen molar-refractivity contribution in [2.45, 2.75) is 6.92 Å². The molecule has 5 aromatic rings. The summed E-state index contributed by atoms with van der Waals surface area (Å²) in [7, 11) is 1.72. The molecule has 0 atom stereocenters. The summed E-state index contributed by atoms with van der Waals surface area (Å²) < 4.78 is 33.1. The number of fused-ring (bicyclic) bond motifs is 2. The number of nitrogen functional groups attached to an aromatic ring is 1. The van der Waals surface area contributed by atoms with E-state index >= 15 is 4.39 Å². The Labute approximate surface area is 248 Å². The number of nitrogens with zero attached hydrogens (tertiary/aromatic N) is 7. The number of carbonyl (C=O) groups excluding carboxylic acids is 1. The van der Waals surface area contributed by atoms with Gasteiger partial charge in [-0.1, -0.05) is 29.5 Å². The number of nitrogens with two attached hydrogens (primary N) is 1. The number of pyridine rings is 1. The summed E-state index contributed by atoms with van der Waals surface area (Å²) in [6, 6.07) is 8.26. The average Bonchev–Trinajstić information content (AvgIpc) is 3.54. The zero-order chi connectivity index (χ0) is 29.9. The monoisotopic (exact) mass is 604 g/mol. The number of halogens is 3. The largest absolute Gasteiger partial charge is 0.375 e. The first kappa shape index (κ1) is 27.6. The lowest BCUT2D eigenvalue weighted by molar-refractivity contribution is -0.126. The smallest absolute Gasteiger partial charge is 0.246 e. The lowest BCUT2D eigenvalue weighted by atomic mass is 9.97. The van der Waals surface area contributed by atoms with Crippen molar-refractivity contribution in [3.05, 3.63) is 64.8 Å². The molecule has 9 nitrogen and oxygen atoms in total. The molecule has 1 aliphatic heterocycles. The molecule has 2 aromatic carbocycles. The van der Waals surface area contributed by atoms with Crippen LogP contribution >= 0.6 is 22.9 Å². The molecule has 4 heterocycles. The number of aryl methyl sites for hydroxylation is 2. The molecule has 13 heteroatoms. The van der Waals surface area contributed by atoms with Crippen LogP contribution in [0.2, 0.25) is 5.02 Å². The third-order valence-corrected chi connectivity index (χ3v) is 8.56. The van der Waals surface area contributed by atoms with Gasteiger partial charge in [0.1, 0.15) is 28.7 Å². The topological polar surface area (TPSA) is 117 Å². The number of thiazole rings is 1. The molecule has 2 N–H and O–H groups in total. The van der Waals surface area contributed by atoms with Gasteiger partial charge in [-0.15, -0.1) is 0 Å². The van der Waals surface area contributed by atoms with E-state index in [-0.39, 0.29) is 54.2 Å². The van der Waals surface area contributed by atoms with Gasteiger partial charge in [-0.05, 0) is 37.3 Å². The highest BCUT2D eigenvalue weighted by molar-refractivity contribution is 7.22. The normalized spacial score (nSPS) is 13.6. The van der Waals surface area contributed by atoms with Gasteiger partial charge in [0.2, 0.25) is 5.91 Å². The molecule has 3 aromatic heterocycles. The Kier molecular flexibility index (Phi) is 6.79. The number of benzene rings is 2. The van der Waals surface area contributed by atoms with Gasteiger partial charge in [0.15, 0.2) is 10.9 Å². The van der Waals surface area contributed by atoms with Gasteiger partial charge >= 0.3 is 0 Å². The number of nitriles is 1. The van der Waals surface area contributed by atoms with E-state index in [2.05, 4.69) is 22.7 Å². The molecule has 6 rings (SSSR count). The van der Waals surface area contributed by atoms with Gasteiger partial charge in [0, 0.05) is 49.7 Å². The van der Waals surface area contributed by atoms with Gasteiger partial charge < -0.3 is 15.5 Å². The van der Waals surface area contributed by atoms with Crippen LogP contribution in [-0.4, -0.2) is 56.7 Å². The van der Waals surface area contributed by atoms with E-state index in [1.807, 2.05) is 11.8 Å². The second-order valence-electron chi connectivity index (χ2n) is 9.88. The Balaban J connectivity index is 1.65. The van der Waals surface area contributed by atoms with Crippen molar-refractivity contribution < 1.29 is 13.6 Å². The van der Waals surface area contributed by atoms with E-state index in [0.717, 1.165) is 11.3 Å². The molecule has 1 saturated heterocycles. The molecule has 0 bridgehead atoms. The van der Waals surface area contributed by atoms with Crippen molar-refractivity contribution in [3.8, 4) is 28.6 Å². The van der Waals surface area contributed by atoms with Gasteiger partial charge in [0.05, 0.1) is 32.3 Å². The summed E-state index contributed by atoms with van der Waals surface area (Å²) in [6.07, 6.45) is 1.26. The minimum atomic E-state index is -0.747. The molecule has 0 radical (unpaired) electrons. The number of rotatable bonds is 4. The van der Waals surface area contributed by atoms with Crippen molar-refractivity contribution in [3.63, 3.8) is 0 Å². The van der Waals surface area contributed by atoms with Crippen LogP contribution in [0.4, 0.5) is 19.6 Å². The maximum Gasteiger partial charge on any atom is 0.246 e. The zero-order valence-corrected chi connectivity index (χ0v) is 24.2. The molecule has 0 aliphatic carbocycles. The van der Waals surface area contributed by atoms with Crippen LogP contribution in [0, 0.1) is 29.9 Å². The molecular formula is C29H23ClF2N8OS. The minimum Gasteiger partial charge on any atom is -0.375 e. The van der Waals surface area contributed by atoms with E-state index < -0.39 is 11.6 Å². The summed E-state index contributed by atoms with van der Waals surface area (Å²) in [5, 5.41) is 15.3. The summed E-state index contributed by atoms with van der Waals surface area (Å²) in [4.78, 5) is 24.8. The first-order chi connectivity index (χ1) is 20.1. The van der Waals surface area contributed by atoms with Crippen LogP contribution in [0.25, 0.3) is 43.6 Å². The summed E-state index contributed by atoms with van der Waals surface area (Å²) in [5.41, 5.74) is 8.47.